The van der Waals surface area contributed by atoms with Gasteiger partial charge >= 0.3 is 0 Å². The quantitative estimate of drug-likeness (QED) is 0.919. The summed E-state index contributed by atoms with van der Waals surface area (Å²) in [4.78, 5) is 0. The van der Waals surface area contributed by atoms with Crippen LogP contribution in [0.4, 0.5) is 0 Å². The maximum atomic E-state index is 5.98. The average molecular weight is 266 g/mol. The highest BCUT2D eigenvalue weighted by molar-refractivity contribution is 6.30. The van der Waals surface area contributed by atoms with E-state index in [0.29, 0.717) is 13.2 Å². The Bertz CT molecular complexity index is 525. The molecule has 0 unspecified atom stereocenters. The minimum absolute atomic E-state index is 0.379. The highest BCUT2D eigenvalue weighted by Crippen LogP contribution is 2.28. The van der Waals surface area contributed by atoms with Gasteiger partial charge in [0.05, 0.1) is 12.8 Å². The third-order valence-electron chi connectivity index (χ3n) is 2.82. The summed E-state index contributed by atoms with van der Waals surface area (Å²) in [7, 11) is 0. The van der Waals surface area contributed by atoms with Crippen molar-refractivity contribution in [2.45, 2.75) is 27.0 Å². The lowest BCUT2D eigenvalue weighted by Gasteiger charge is -2.12. The molecule has 0 saturated heterocycles. The van der Waals surface area contributed by atoms with Gasteiger partial charge in [-0.3, -0.25) is 0 Å². The Labute approximate surface area is 111 Å². The molecule has 0 aliphatic heterocycles. The summed E-state index contributed by atoms with van der Waals surface area (Å²) < 4.78 is 11.1. The van der Waals surface area contributed by atoms with Gasteiger partial charge in [-0.25, -0.2) is 0 Å². The van der Waals surface area contributed by atoms with Crippen molar-refractivity contribution < 1.29 is 9.15 Å². The predicted molar refractivity (Wildman–Crippen MR) is 71.9 cm³/mol. The molecule has 0 atom stereocenters. The van der Waals surface area contributed by atoms with Crippen LogP contribution in [0.15, 0.2) is 28.9 Å². The van der Waals surface area contributed by atoms with E-state index in [1.807, 2.05) is 32.0 Å². The lowest BCUT2D eigenvalue weighted by molar-refractivity contribution is 0.298. The summed E-state index contributed by atoms with van der Waals surface area (Å²) in [5, 5.41) is 0.725. The molecule has 0 aliphatic rings. The van der Waals surface area contributed by atoms with E-state index in [2.05, 4.69) is 0 Å². The Morgan fingerprint density at radius 3 is 2.56 bits per heavy atom. The van der Waals surface area contributed by atoms with Crippen molar-refractivity contribution in [3.63, 3.8) is 0 Å². The molecule has 0 fully saturated rings. The van der Waals surface area contributed by atoms with Gasteiger partial charge < -0.3 is 14.9 Å². The van der Waals surface area contributed by atoms with Crippen LogP contribution in [0.3, 0.4) is 0 Å². The number of rotatable bonds is 4. The first kappa shape index (κ1) is 13.0. The molecule has 2 rings (SSSR count). The highest BCUT2D eigenvalue weighted by atomic mass is 35.5. The monoisotopic (exact) mass is 265 g/mol. The number of hydrogen-bond donors (Lipinski definition) is 1. The number of aryl methyl sites for hydroxylation is 2. The Morgan fingerprint density at radius 1 is 1.28 bits per heavy atom. The molecule has 0 spiro atoms. The Kier molecular flexibility index (Phi) is 3.94. The summed E-state index contributed by atoms with van der Waals surface area (Å²) >= 11 is 5.98. The van der Waals surface area contributed by atoms with Crippen molar-refractivity contribution in [1.82, 2.24) is 0 Å². The number of halogens is 1. The summed E-state index contributed by atoms with van der Waals surface area (Å²) in [5.74, 6) is 1.63. The molecule has 96 valence electrons. The van der Waals surface area contributed by atoms with E-state index < -0.39 is 0 Å². The fourth-order valence-corrected chi connectivity index (χ4v) is 2.28. The average Bonchev–Trinajstić information content (AvgIpc) is 2.75. The Balaban J connectivity index is 2.16. The van der Waals surface area contributed by atoms with E-state index in [-0.39, 0.29) is 0 Å². The smallest absolute Gasteiger partial charge is 0.125 e. The van der Waals surface area contributed by atoms with Gasteiger partial charge in [-0.15, -0.1) is 0 Å². The second-order valence-electron chi connectivity index (χ2n) is 4.23. The summed E-state index contributed by atoms with van der Waals surface area (Å²) in [6.07, 6.45) is 1.63. The number of benzene rings is 1. The number of furan rings is 1. The molecule has 1 aromatic carbocycles. The third-order valence-corrected chi connectivity index (χ3v) is 3.04. The zero-order valence-electron chi connectivity index (χ0n) is 10.5. The van der Waals surface area contributed by atoms with Gasteiger partial charge in [0.25, 0.3) is 0 Å². The van der Waals surface area contributed by atoms with Crippen molar-refractivity contribution in [2.24, 2.45) is 5.73 Å². The van der Waals surface area contributed by atoms with Gasteiger partial charge in [0.1, 0.15) is 18.1 Å². The molecule has 4 heteroatoms. The van der Waals surface area contributed by atoms with Gasteiger partial charge in [0, 0.05) is 10.6 Å². The highest BCUT2D eigenvalue weighted by Gasteiger charge is 2.09. The van der Waals surface area contributed by atoms with Crippen LogP contribution >= 0.6 is 11.6 Å². The molecule has 1 aromatic heterocycles. The predicted octanol–water partition coefficient (Wildman–Crippen LogP) is 3.59. The van der Waals surface area contributed by atoms with Crippen LogP contribution in [0.25, 0.3) is 0 Å². The van der Waals surface area contributed by atoms with Crippen LogP contribution in [0.5, 0.6) is 5.75 Å². The van der Waals surface area contributed by atoms with Gasteiger partial charge in [-0.05, 0) is 43.2 Å². The fraction of sp³-hybridized carbons (Fsp3) is 0.286. The van der Waals surface area contributed by atoms with Crippen molar-refractivity contribution in [2.75, 3.05) is 0 Å². The van der Waals surface area contributed by atoms with Crippen LogP contribution < -0.4 is 10.5 Å². The summed E-state index contributed by atoms with van der Waals surface area (Å²) in [6, 6.07) is 5.66. The summed E-state index contributed by atoms with van der Waals surface area (Å²) in [6.45, 7) is 4.79. The second-order valence-corrected chi connectivity index (χ2v) is 4.67. The Morgan fingerprint density at radius 2 is 1.94 bits per heavy atom. The van der Waals surface area contributed by atoms with Crippen molar-refractivity contribution in [3.05, 3.63) is 51.9 Å². The largest absolute Gasteiger partial charge is 0.488 e. The van der Waals surface area contributed by atoms with Crippen LogP contribution in [0.2, 0.25) is 5.02 Å². The molecule has 0 bridgehead atoms. The van der Waals surface area contributed by atoms with E-state index in [1.54, 1.807) is 6.26 Å². The number of nitrogens with two attached hydrogens (primary N) is 1. The molecular formula is C14H16ClNO2. The van der Waals surface area contributed by atoms with Crippen LogP contribution in [-0.2, 0) is 13.2 Å². The lowest BCUT2D eigenvalue weighted by atomic mass is 10.1. The minimum atomic E-state index is 0.379. The van der Waals surface area contributed by atoms with Crippen molar-refractivity contribution in [3.8, 4) is 5.75 Å². The maximum absolute atomic E-state index is 5.98. The first-order valence-corrected chi connectivity index (χ1v) is 6.14. The maximum Gasteiger partial charge on any atom is 0.125 e. The number of ether oxygens (including phenoxy) is 1. The first-order chi connectivity index (χ1) is 8.61. The normalized spacial score (nSPS) is 10.7. The van der Waals surface area contributed by atoms with E-state index >= 15 is 0 Å². The summed E-state index contributed by atoms with van der Waals surface area (Å²) in [5.41, 5.74) is 8.61. The van der Waals surface area contributed by atoms with E-state index in [0.717, 1.165) is 33.2 Å². The van der Waals surface area contributed by atoms with Crippen LogP contribution in [0, 0.1) is 13.8 Å². The Hall–Kier alpha value is -1.45. The molecule has 3 nitrogen and oxygen atoms in total. The minimum Gasteiger partial charge on any atom is -0.488 e. The number of hydrogen-bond acceptors (Lipinski definition) is 3. The zero-order valence-corrected chi connectivity index (χ0v) is 11.3. The van der Waals surface area contributed by atoms with E-state index in [1.165, 1.54) is 0 Å². The lowest BCUT2D eigenvalue weighted by Crippen LogP contribution is -2.03. The molecule has 2 aromatic rings. The second kappa shape index (κ2) is 5.46. The van der Waals surface area contributed by atoms with Gasteiger partial charge in [-0.1, -0.05) is 11.6 Å². The van der Waals surface area contributed by atoms with Gasteiger partial charge in [0.2, 0.25) is 0 Å². The van der Waals surface area contributed by atoms with Gasteiger partial charge in [-0.2, -0.15) is 0 Å². The van der Waals surface area contributed by atoms with E-state index in [9.17, 15) is 0 Å². The fourth-order valence-electron chi connectivity index (χ4n) is 1.95. The topological polar surface area (TPSA) is 48.4 Å². The molecule has 0 amide bonds. The van der Waals surface area contributed by atoms with Gasteiger partial charge in [0.15, 0.2) is 0 Å². The van der Waals surface area contributed by atoms with Crippen molar-refractivity contribution >= 4 is 11.6 Å². The molecule has 0 radical (unpaired) electrons. The molecule has 1 heterocycles. The van der Waals surface area contributed by atoms with E-state index in [4.69, 9.17) is 26.5 Å². The molecular weight excluding hydrogens is 250 g/mol. The van der Waals surface area contributed by atoms with Crippen LogP contribution in [-0.4, -0.2) is 0 Å². The molecule has 0 saturated carbocycles. The first-order valence-electron chi connectivity index (χ1n) is 5.76. The molecule has 18 heavy (non-hydrogen) atoms. The SMILES string of the molecule is Cc1cc(Cl)cc(C)c1OCc1ccoc1CN. The van der Waals surface area contributed by atoms with Crippen LogP contribution in [0.1, 0.15) is 22.5 Å². The standard InChI is InChI=1S/C14H16ClNO2/c1-9-5-12(15)6-10(2)14(9)18-8-11-3-4-17-13(11)7-16/h3-6H,7-8,16H2,1-2H3. The molecule has 2 N–H and O–H groups in total. The molecule has 0 aliphatic carbocycles. The van der Waals surface area contributed by atoms with Crippen molar-refractivity contribution in [1.29, 1.82) is 0 Å². The zero-order chi connectivity index (χ0) is 13.1. The third kappa shape index (κ3) is 2.68.